The third-order valence-electron chi connectivity index (χ3n) is 16.8. The molecule has 5 heteroatoms. The van der Waals surface area contributed by atoms with Crippen molar-refractivity contribution in [2.24, 2.45) is 33.7 Å². The van der Waals surface area contributed by atoms with Gasteiger partial charge in [-0.25, -0.2) is 9.98 Å². The summed E-state index contributed by atoms with van der Waals surface area (Å²) >= 11 is 0. The van der Waals surface area contributed by atoms with Crippen LogP contribution in [0.5, 0.6) is 0 Å². The van der Waals surface area contributed by atoms with Crippen molar-refractivity contribution < 1.29 is 0 Å². The monoisotopic (exact) mass is 927 g/mol. The molecule has 8 aromatic rings. The highest BCUT2D eigenvalue weighted by Crippen LogP contribution is 2.58. The lowest BCUT2D eigenvalue weighted by Gasteiger charge is -2.39. The van der Waals surface area contributed by atoms with Crippen LogP contribution < -0.4 is 15.8 Å². The second kappa shape index (κ2) is 16.7. The average molecular weight is 928 g/mol. The van der Waals surface area contributed by atoms with E-state index in [1.165, 1.54) is 71.6 Å². The topological polar surface area (TPSA) is 44.9 Å². The van der Waals surface area contributed by atoms with E-state index in [1.807, 2.05) is 0 Å². The van der Waals surface area contributed by atoms with E-state index in [0.29, 0.717) is 17.9 Å². The largest absolute Gasteiger partial charge is 0.348 e. The fourth-order valence-electron chi connectivity index (χ4n) is 13.7. The molecular formula is C67H53N5. The normalized spacial score (nSPS) is 25.2. The first-order chi connectivity index (χ1) is 35.7. The molecule has 1 aromatic heterocycles. The lowest BCUT2D eigenvalue weighted by atomic mass is 9.73. The van der Waals surface area contributed by atoms with Crippen LogP contribution >= 0.6 is 0 Å². The van der Waals surface area contributed by atoms with Crippen molar-refractivity contribution in [1.82, 2.24) is 14.8 Å². The predicted octanol–water partition coefficient (Wildman–Crippen LogP) is 13.3. The van der Waals surface area contributed by atoms with Crippen LogP contribution in [0.2, 0.25) is 0 Å². The van der Waals surface area contributed by atoms with Gasteiger partial charge in [-0.3, -0.25) is 0 Å². The van der Waals surface area contributed by atoms with Gasteiger partial charge in [-0.2, -0.15) is 0 Å². The molecule has 0 radical (unpaired) electrons. The van der Waals surface area contributed by atoms with Crippen molar-refractivity contribution >= 4 is 57.3 Å². The second-order valence-corrected chi connectivity index (χ2v) is 20.6. The highest BCUT2D eigenvalue weighted by molar-refractivity contribution is 6.15. The zero-order chi connectivity index (χ0) is 47.3. The first kappa shape index (κ1) is 41.5. The van der Waals surface area contributed by atoms with Crippen molar-refractivity contribution in [3.63, 3.8) is 0 Å². The summed E-state index contributed by atoms with van der Waals surface area (Å²) in [6, 6.07) is 62.7. The Morgan fingerprint density at radius 3 is 2.42 bits per heavy atom. The van der Waals surface area contributed by atoms with Gasteiger partial charge >= 0.3 is 0 Å². The van der Waals surface area contributed by atoms with Gasteiger partial charge in [0.25, 0.3) is 0 Å². The molecule has 2 aliphatic heterocycles. The van der Waals surface area contributed by atoms with Crippen LogP contribution in [0.25, 0.3) is 56.7 Å². The van der Waals surface area contributed by atoms with Crippen molar-refractivity contribution in [3.8, 4) is 11.1 Å². The summed E-state index contributed by atoms with van der Waals surface area (Å²) in [6.07, 6.45) is 26.9. The van der Waals surface area contributed by atoms with Gasteiger partial charge in [0.05, 0.1) is 6.04 Å². The summed E-state index contributed by atoms with van der Waals surface area (Å²) in [5.41, 5.74) is 14.2. The number of rotatable bonds is 6. The fraction of sp³-hybridized carbons (Fsp3) is 0.164. The summed E-state index contributed by atoms with van der Waals surface area (Å²) in [5, 5.41) is 10.2. The van der Waals surface area contributed by atoms with E-state index in [4.69, 9.17) is 9.98 Å². The molecule has 0 bridgehead atoms. The smallest absolute Gasteiger partial charge is 0.159 e. The molecule has 0 amide bonds. The number of nitrogens with zero attached hydrogens (tertiary/aromatic N) is 4. The molecule has 15 rings (SSSR count). The molecule has 5 nitrogen and oxygen atoms in total. The lowest BCUT2D eigenvalue weighted by molar-refractivity contribution is 0.301. The minimum atomic E-state index is -0.335. The number of amidine groups is 2. The molecule has 7 aliphatic rings. The number of hydrogen-bond donors (Lipinski definition) is 1. The van der Waals surface area contributed by atoms with Crippen LogP contribution in [0.4, 0.5) is 0 Å². The zero-order valence-electron chi connectivity index (χ0n) is 40.0. The SMILES string of the molecule is C1=CC2C=Cc3c(n(C4c5ccccc5C=C5C4C4C=CCCC4N5C4=c5ccccc5=CC(C5=NC(c6cccc7ccccc67)=NC(c6cccc(-c7ccccc7)c6)N5)C4)c4ccccc34)C2C=C1. The third-order valence-corrected chi connectivity index (χ3v) is 16.8. The first-order valence-electron chi connectivity index (χ1n) is 26.0. The molecule has 0 saturated carbocycles. The number of fused-ring (bicyclic) bond motifs is 11. The minimum absolute atomic E-state index is 0.0330. The second-order valence-electron chi connectivity index (χ2n) is 20.6. The van der Waals surface area contributed by atoms with Crippen LogP contribution in [0.1, 0.15) is 70.9 Å². The molecule has 346 valence electrons. The Balaban J connectivity index is 0.885. The number of likely N-dealkylation sites (tertiary alicyclic amines) is 1. The van der Waals surface area contributed by atoms with Crippen LogP contribution in [0.3, 0.4) is 0 Å². The van der Waals surface area contributed by atoms with Gasteiger partial charge < -0.3 is 14.8 Å². The van der Waals surface area contributed by atoms with E-state index in [-0.39, 0.29) is 30.0 Å². The Bertz CT molecular complexity index is 3890. The van der Waals surface area contributed by atoms with Gasteiger partial charge in [-0.05, 0) is 74.9 Å². The van der Waals surface area contributed by atoms with Crippen LogP contribution in [0.15, 0.2) is 228 Å². The van der Waals surface area contributed by atoms with E-state index in [1.54, 1.807) is 0 Å². The van der Waals surface area contributed by atoms with E-state index >= 15 is 0 Å². The Morgan fingerprint density at radius 1 is 0.667 bits per heavy atom. The quantitative estimate of drug-likeness (QED) is 0.169. The van der Waals surface area contributed by atoms with Crippen molar-refractivity contribution in [2.75, 3.05) is 0 Å². The molecule has 5 aliphatic carbocycles. The van der Waals surface area contributed by atoms with E-state index in [0.717, 1.165) is 47.4 Å². The fourth-order valence-corrected chi connectivity index (χ4v) is 13.7. The van der Waals surface area contributed by atoms with E-state index in [2.05, 4.69) is 245 Å². The predicted molar refractivity (Wildman–Crippen MR) is 296 cm³/mol. The maximum Gasteiger partial charge on any atom is 0.159 e. The summed E-state index contributed by atoms with van der Waals surface area (Å²) in [7, 11) is 0. The number of aromatic nitrogens is 1. The van der Waals surface area contributed by atoms with Crippen LogP contribution in [0, 0.1) is 23.7 Å². The number of hydrogen-bond acceptors (Lipinski definition) is 4. The number of para-hydroxylation sites is 1. The van der Waals surface area contributed by atoms with Crippen molar-refractivity contribution in [3.05, 3.63) is 262 Å². The van der Waals surface area contributed by atoms with E-state index in [9.17, 15) is 0 Å². The maximum atomic E-state index is 5.61. The Hall–Kier alpha value is -8.28. The number of allylic oxidation sites excluding steroid dienone is 7. The highest BCUT2D eigenvalue weighted by atomic mass is 15.2. The molecular weight excluding hydrogens is 875 g/mol. The zero-order valence-corrected chi connectivity index (χ0v) is 40.0. The molecule has 1 N–H and O–H groups in total. The van der Waals surface area contributed by atoms with Gasteiger partial charge in [-0.15, -0.1) is 0 Å². The van der Waals surface area contributed by atoms with Gasteiger partial charge in [0.2, 0.25) is 0 Å². The molecule has 8 atom stereocenters. The van der Waals surface area contributed by atoms with Gasteiger partial charge in [0.15, 0.2) is 5.84 Å². The maximum absolute atomic E-state index is 5.61. The summed E-state index contributed by atoms with van der Waals surface area (Å²) in [4.78, 5) is 13.9. The van der Waals surface area contributed by atoms with Crippen molar-refractivity contribution in [2.45, 2.75) is 43.4 Å². The Kier molecular flexibility index (Phi) is 9.61. The molecule has 7 aromatic carbocycles. The molecule has 8 unspecified atom stereocenters. The third kappa shape index (κ3) is 6.53. The highest BCUT2D eigenvalue weighted by Gasteiger charge is 2.53. The average Bonchev–Trinajstić information content (AvgIpc) is 3.97. The Morgan fingerprint density at radius 2 is 1.46 bits per heavy atom. The number of nitrogens with one attached hydrogen (secondary N) is 1. The molecule has 1 fully saturated rings. The first-order valence-corrected chi connectivity index (χ1v) is 26.0. The summed E-state index contributed by atoms with van der Waals surface area (Å²) in [5.74, 6) is 2.82. The minimum Gasteiger partial charge on any atom is -0.348 e. The van der Waals surface area contributed by atoms with Crippen LogP contribution in [-0.2, 0) is 0 Å². The van der Waals surface area contributed by atoms with E-state index < -0.39 is 0 Å². The molecule has 72 heavy (non-hydrogen) atoms. The van der Waals surface area contributed by atoms with Crippen LogP contribution in [-0.4, -0.2) is 27.2 Å². The molecule has 1 saturated heterocycles. The summed E-state index contributed by atoms with van der Waals surface area (Å²) < 4.78 is 2.81. The standard InChI is InChI=1S/C67H53N5/c1-2-18-42(19-3-1)45-25-16-26-48(38-45)65-68-66(70-67(69-65)56-33-17-24-43-20-4-8-27-50(43)56)49-39-46-22-6-9-28-51(46)60(41-49)71-59-35-15-13-32-57(59)62-61(71)40-47-23-7-11-30-53(47)64(62)72-58-34-14-12-31-54(58)55-37-36-44-21-5-10-29-52(44)63(55)72/h1-14,16-34,36-40,44,49,52,57,59,62,64-65H,15,35,41H2,(H,68,69,70). The summed E-state index contributed by atoms with van der Waals surface area (Å²) in [6.45, 7) is 0. The molecule has 3 heterocycles. The molecule has 0 spiro atoms. The Labute approximate surface area is 420 Å². The number of benzene rings is 7. The lowest BCUT2D eigenvalue weighted by Crippen LogP contribution is -2.45. The van der Waals surface area contributed by atoms with Gasteiger partial charge in [0, 0.05) is 86.4 Å². The number of aliphatic imine (C=N–C) groups is 2. The van der Waals surface area contributed by atoms with Crippen molar-refractivity contribution in [1.29, 1.82) is 0 Å². The van der Waals surface area contributed by atoms with Gasteiger partial charge in [-0.1, -0.05) is 212 Å². The van der Waals surface area contributed by atoms with Gasteiger partial charge in [0.1, 0.15) is 12.0 Å².